The Labute approximate surface area is 93.6 Å². The average Bonchev–Trinajstić information content (AvgIpc) is 2.59. The second-order valence-corrected chi connectivity index (χ2v) is 2.54. The molecule has 0 aliphatic heterocycles. The van der Waals surface area contributed by atoms with Crippen molar-refractivity contribution in [1.29, 1.82) is 0 Å². The Morgan fingerprint density at radius 2 is 1.80 bits per heavy atom. The molecule has 0 unspecified atom stereocenters. The van der Waals surface area contributed by atoms with Gasteiger partial charge in [0.15, 0.2) is 0 Å². The van der Waals surface area contributed by atoms with Crippen molar-refractivity contribution < 1.29 is 0 Å². The second-order valence-electron chi connectivity index (χ2n) is 2.54. The van der Waals surface area contributed by atoms with Crippen molar-refractivity contribution in [2.45, 2.75) is 34.1 Å². The Morgan fingerprint density at radius 3 is 2.53 bits per heavy atom. The summed E-state index contributed by atoms with van der Waals surface area (Å²) in [5.41, 5.74) is 2.40. The molecule has 1 nitrogen and oxygen atoms in total. The van der Waals surface area contributed by atoms with E-state index in [1.165, 1.54) is 5.56 Å². The zero-order chi connectivity index (χ0) is 11.5. The van der Waals surface area contributed by atoms with Gasteiger partial charge in [-0.1, -0.05) is 52.0 Å². The van der Waals surface area contributed by atoms with Crippen LogP contribution in [0.4, 0.5) is 0 Å². The van der Waals surface area contributed by atoms with E-state index in [1.807, 2.05) is 52.1 Å². The van der Waals surface area contributed by atoms with Gasteiger partial charge in [0.05, 0.1) is 5.69 Å². The largest absolute Gasteiger partial charge is 0.257 e. The lowest BCUT2D eigenvalue weighted by molar-refractivity contribution is 1.17. The molecule has 0 amide bonds. The van der Waals surface area contributed by atoms with Crippen LogP contribution in [0.2, 0.25) is 0 Å². The van der Waals surface area contributed by atoms with Crippen LogP contribution in [0.15, 0.2) is 36.6 Å². The minimum atomic E-state index is 0.996. The van der Waals surface area contributed by atoms with Gasteiger partial charge in [0, 0.05) is 6.20 Å². The molecular formula is C14H21N. The van der Waals surface area contributed by atoms with E-state index in [0.717, 1.165) is 12.1 Å². The lowest BCUT2D eigenvalue weighted by atomic mass is 10.1. The van der Waals surface area contributed by atoms with Crippen LogP contribution in [0.1, 0.15) is 39.0 Å². The van der Waals surface area contributed by atoms with Gasteiger partial charge in [0.2, 0.25) is 0 Å². The summed E-state index contributed by atoms with van der Waals surface area (Å²) in [5.74, 6) is 0. The zero-order valence-corrected chi connectivity index (χ0v) is 10.2. The number of hydrogen-bond donors (Lipinski definition) is 0. The van der Waals surface area contributed by atoms with E-state index in [1.54, 1.807) is 0 Å². The van der Waals surface area contributed by atoms with Gasteiger partial charge in [-0.3, -0.25) is 4.98 Å². The highest BCUT2D eigenvalue weighted by Gasteiger charge is 1.98. The summed E-state index contributed by atoms with van der Waals surface area (Å²) in [6.07, 6.45) is 11.1. The molecule has 0 N–H and O–H groups in total. The summed E-state index contributed by atoms with van der Waals surface area (Å²) in [5, 5.41) is 0. The first-order chi connectivity index (χ1) is 7.47. The van der Waals surface area contributed by atoms with Gasteiger partial charge in [-0.25, -0.2) is 0 Å². The monoisotopic (exact) mass is 203 g/mol. The third-order valence-electron chi connectivity index (χ3n) is 1.77. The number of rotatable bonds is 0. The van der Waals surface area contributed by atoms with Crippen molar-refractivity contribution in [2.24, 2.45) is 0 Å². The van der Waals surface area contributed by atoms with E-state index in [4.69, 9.17) is 0 Å². The van der Waals surface area contributed by atoms with Crippen LogP contribution < -0.4 is 0 Å². The predicted octanol–water partition coefficient (Wildman–Crippen LogP) is 4.26. The fourth-order valence-corrected chi connectivity index (χ4v) is 1.19. The van der Waals surface area contributed by atoms with Crippen LogP contribution in [-0.2, 0) is 6.42 Å². The van der Waals surface area contributed by atoms with Crippen LogP contribution in [-0.4, -0.2) is 4.98 Å². The van der Waals surface area contributed by atoms with E-state index in [0.29, 0.717) is 0 Å². The van der Waals surface area contributed by atoms with Crippen molar-refractivity contribution in [1.82, 2.24) is 4.98 Å². The molecule has 0 spiro atoms. The highest BCUT2D eigenvalue weighted by Crippen LogP contribution is 2.11. The lowest BCUT2D eigenvalue weighted by Crippen LogP contribution is -1.87. The summed E-state index contributed by atoms with van der Waals surface area (Å²) in [7, 11) is 0. The molecule has 1 aliphatic rings. The standard InChI is InChI=1S/C10H9N.2C2H6/c1-2-5-9-6-4-8-11-10(9)7-3-1;2*1-2/h1-4,6-8H,5H2;2*1-2H3. The first kappa shape index (κ1) is 13.6. The fourth-order valence-electron chi connectivity index (χ4n) is 1.19. The predicted molar refractivity (Wildman–Crippen MR) is 68.8 cm³/mol. The van der Waals surface area contributed by atoms with Gasteiger partial charge in [-0.15, -0.1) is 0 Å². The minimum absolute atomic E-state index is 0.996. The fraction of sp³-hybridized carbons (Fsp3) is 0.357. The molecule has 0 fully saturated rings. The Kier molecular flexibility index (Phi) is 8.36. The van der Waals surface area contributed by atoms with Crippen molar-refractivity contribution >= 4 is 6.08 Å². The van der Waals surface area contributed by atoms with Gasteiger partial charge in [-0.05, 0) is 24.1 Å². The topological polar surface area (TPSA) is 12.9 Å². The molecule has 0 atom stereocenters. The molecule has 15 heavy (non-hydrogen) atoms. The van der Waals surface area contributed by atoms with Gasteiger partial charge in [0.25, 0.3) is 0 Å². The molecule has 1 aromatic heterocycles. The summed E-state index contributed by atoms with van der Waals surface area (Å²) in [6, 6.07) is 4.09. The Balaban J connectivity index is 0.000000442. The van der Waals surface area contributed by atoms with E-state index >= 15 is 0 Å². The van der Waals surface area contributed by atoms with Gasteiger partial charge in [-0.2, -0.15) is 0 Å². The van der Waals surface area contributed by atoms with Crippen molar-refractivity contribution in [2.75, 3.05) is 0 Å². The molecule has 1 heterocycles. The number of pyridine rings is 1. The summed E-state index contributed by atoms with van der Waals surface area (Å²) < 4.78 is 0. The number of hydrogen-bond acceptors (Lipinski definition) is 1. The normalized spacial score (nSPS) is 11.2. The number of fused-ring (bicyclic) bond motifs is 1. The van der Waals surface area contributed by atoms with E-state index in [9.17, 15) is 0 Å². The summed E-state index contributed by atoms with van der Waals surface area (Å²) >= 11 is 0. The Morgan fingerprint density at radius 1 is 1.07 bits per heavy atom. The van der Waals surface area contributed by atoms with Crippen molar-refractivity contribution in [3.05, 3.63) is 47.8 Å². The third-order valence-corrected chi connectivity index (χ3v) is 1.77. The average molecular weight is 203 g/mol. The van der Waals surface area contributed by atoms with E-state index < -0.39 is 0 Å². The molecular weight excluding hydrogens is 182 g/mol. The smallest absolute Gasteiger partial charge is 0.0664 e. The zero-order valence-electron chi connectivity index (χ0n) is 10.2. The molecule has 0 aromatic carbocycles. The SMILES string of the molecule is C1=CCc2cccnc2C=C1.CC.CC. The minimum Gasteiger partial charge on any atom is -0.257 e. The molecule has 0 saturated heterocycles. The van der Waals surface area contributed by atoms with Gasteiger partial charge in [0.1, 0.15) is 0 Å². The van der Waals surface area contributed by atoms with Gasteiger partial charge >= 0.3 is 0 Å². The Hall–Kier alpha value is -1.37. The maximum atomic E-state index is 4.25. The van der Waals surface area contributed by atoms with Crippen LogP contribution in [0.25, 0.3) is 6.08 Å². The molecule has 0 bridgehead atoms. The van der Waals surface area contributed by atoms with Crippen molar-refractivity contribution in [3.8, 4) is 0 Å². The van der Waals surface area contributed by atoms with Crippen molar-refractivity contribution in [3.63, 3.8) is 0 Å². The van der Waals surface area contributed by atoms with Crippen LogP contribution in [0.5, 0.6) is 0 Å². The number of aromatic nitrogens is 1. The first-order valence-electron chi connectivity index (χ1n) is 5.74. The Bertz CT molecular complexity index is 311. The van der Waals surface area contributed by atoms with Gasteiger partial charge < -0.3 is 0 Å². The third kappa shape index (κ3) is 4.59. The number of nitrogens with zero attached hydrogens (tertiary/aromatic N) is 1. The maximum absolute atomic E-state index is 4.25. The molecule has 1 aromatic rings. The second kappa shape index (κ2) is 9.20. The molecule has 82 valence electrons. The molecule has 2 rings (SSSR count). The molecule has 0 saturated carbocycles. The van der Waals surface area contributed by atoms with Crippen LogP contribution >= 0.6 is 0 Å². The molecule has 0 radical (unpaired) electrons. The van der Waals surface area contributed by atoms with E-state index in [2.05, 4.69) is 23.2 Å². The maximum Gasteiger partial charge on any atom is 0.0664 e. The highest BCUT2D eigenvalue weighted by molar-refractivity contribution is 5.53. The summed E-state index contributed by atoms with van der Waals surface area (Å²) in [6.45, 7) is 8.00. The molecule has 1 heteroatoms. The van der Waals surface area contributed by atoms with Crippen LogP contribution in [0, 0.1) is 0 Å². The summed E-state index contributed by atoms with van der Waals surface area (Å²) in [4.78, 5) is 4.25. The van der Waals surface area contributed by atoms with Crippen LogP contribution in [0.3, 0.4) is 0 Å². The highest BCUT2D eigenvalue weighted by atomic mass is 14.7. The first-order valence-corrected chi connectivity index (χ1v) is 5.74. The number of allylic oxidation sites excluding steroid dienone is 3. The molecule has 1 aliphatic carbocycles. The quantitative estimate of drug-likeness (QED) is 0.614. The lowest BCUT2D eigenvalue weighted by Gasteiger charge is -1.98. The van der Waals surface area contributed by atoms with E-state index in [-0.39, 0.29) is 0 Å².